The van der Waals surface area contributed by atoms with Crippen LogP contribution in [0, 0.1) is 0 Å². The Bertz CT molecular complexity index is 63.0. The van der Waals surface area contributed by atoms with E-state index in [4.69, 9.17) is 0 Å². The molecule has 0 bridgehead atoms. The minimum atomic E-state index is 0. The van der Waals surface area contributed by atoms with E-state index < -0.39 is 0 Å². The zero-order chi connectivity index (χ0) is 7.66. The summed E-state index contributed by atoms with van der Waals surface area (Å²) in [4.78, 5) is 0. The van der Waals surface area contributed by atoms with Gasteiger partial charge in [0.25, 0.3) is 0 Å². The zero-order valence-corrected chi connectivity index (χ0v) is 8.26. The Morgan fingerprint density at radius 2 is 1.73 bits per heavy atom. The first kappa shape index (κ1) is 13.7. The highest BCUT2D eigenvalue weighted by molar-refractivity contribution is 7.16. The summed E-state index contributed by atoms with van der Waals surface area (Å²) in [6.07, 6.45) is 7.05. The second-order valence-corrected chi connectivity index (χ2v) is 2.81. The Morgan fingerprint density at radius 1 is 1.27 bits per heavy atom. The molecule has 1 saturated heterocycles. The third-order valence-electron chi connectivity index (χ3n) is 1.37. The molecule has 2 nitrogen and oxygen atoms in total. The third kappa shape index (κ3) is 13.1. The highest BCUT2D eigenvalue weighted by Crippen LogP contribution is 1.96. The van der Waals surface area contributed by atoms with Crippen molar-refractivity contribution in [1.82, 2.24) is 5.32 Å². The quantitative estimate of drug-likeness (QED) is 0.471. The van der Waals surface area contributed by atoms with Crippen LogP contribution in [0.2, 0.25) is 0 Å². The van der Waals surface area contributed by atoms with Gasteiger partial charge < -0.3 is 10.8 Å². The van der Waals surface area contributed by atoms with Crippen LogP contribution in [-0.2, 0) is 0 Å². The van der Waals surface area contributed by atoms with E-state index in [0.717, 1.165) is 6.16 Å². The van der Waals surface area contributed by atoms with Crippen molar-refractivity contribution in [3.05, 3.63) is 12.7 Å². The Labute approximate surface area is 72.0 Å². The fourth-order valence-corrected chi connectivity index (χ4v) is 0.802. The molecule has 1 aliphatic heterocycles. The van der Waals surface area contributed by atoms with Crippen LogP contribution in [0.15, 0.2) is 12.7 Å². The van der Waals surface area contributed by atoms with E-state index in [1.54, 1.807) is 0 Å². The Balaban J connectivity index is 0. The van der Waals surface area contributed by atoms with Gasteiger partial charge in [-0.1, -0.05) is 12.5 Å². The SMILES string of the molecule is C1CCNCC1.C=CCP.O. The van der Waals surface area contributed by atoms with Gasteiger partial charge in [0, 0.05) is 0 Å². The van der Waals surface area contributed by atoms with Gasteiger partial charge >= 0.3 is 0 Å². The molecule has 1 fully saturated rings. The number of piperidine rings is 1. The van der Waals surface area contributed by atoms with Gasteiger partial charge in [-0.25, -0.2) is 0 Å². The number of hydrogen-bond acceptors (Lipinski definition) is 1. The van der Waals surface area contributed by atoms with Gasteiger partial charge in [0.05, 0.1) is 0 Å². The van der Waals surface area contributed by atoms with Crippen molar-refractivity contribution >= 4 is 9.24 Å². The predicted molar refractivity (Wildman–Crippen MR) is 55.1 cm³/mol. The molecular weight excluding hydrogens is 157 g/mol. The zero-order valence-electron chi connectivity index (χ0n) is 7.10. The molecule has 0 spiro atoms. The van der Waals surface area contributed by atoms with E-state index in [1.807, 2.05) is 6.08 Å². The van der Waals surface area contributed by atoms with Crippen molar-refractivity contribution in [3.8, 4) is 0 Å². The Hall–Kier alpha value is 0.0900. The summed E-state index contributed by atoms with van der Waals surface area (Å²) >= 11 is 0. The van der Waals surface area contributed by atoms with Crippen molar-refractivity contribution in [3.63, 3.8) is 0 Å². The lowest BCUT2D eigenvalue weighted by Gasteiger charge is -2.08. The molecule has 1 rings (SSSR count). The molecule has 3 N–H and O–H groups in total. The minimum absolute atomic E-state index is 0. The standard InChI is InChI=1S/C5H11N.C3H7P.H2O/c1-2-4-6-5-3-1;1-2-3-4;/h6H,1-5H2;2H,1,3-4H2;1H2. The molecule has 11 heavy (non-hydrogen) atoms. The Morgan fingerprint density at radius 3 is 1.82 bits per heavy atom. The molecule has 3 heteroatoms. The van der Waals surface area contributed by atoms with Crippen LogP contribution in [0.3, 0.4) is 0 Å². The summed E-state index contributed by atoms with van der Waals surface area (Å²) in [7, 11) is 2.54. The highest BCUT2D eigenvalue weighted by Gasteiger charge is 1.93. The van der Waals surface area contributed by atoms with E-state index >= 15 is 0 Å². The maximum Gasteiger partial charge on any atom is -0.00489 e. The summed E-state index contributed by atoms with van der Waals surface area (Å²) in [6, 6.07) is 0. The first-order chi connectivity index (χ1) is 4.91. The average molecular weight is 177 g/mol. The molecule has 0 aromatic heterocycles. The summed E-state index contributed by atoms with van der Waals surface area (Å²) in [6.45, 7) is 5.96. The first-order valence-corrected chi connectivity index (χ1v) is 4.75. The van der Waals surface area contributed by atoms with Crippen molar-refractivity contribution in [2.24, 2.45) is 0 Å². The van der Waals surface area contributed by atoms with Crippen molar-refractivity contribution in [1.29, 1.82) is 0 Å². The van der Waals surface area contributed by atoms with Gasteiger partial charge in [0.2, 0.25) is 0 Å². The maximum absolute atomic E-state index is 3.46. The molecule has 0 saturated carbocycles. The lowest BCUT2D eigenvalue weighted by atomic mass is 10.2. The van der Waals surface area contributed by atoms with Gasteiger partial charge in [-0.15, -0.1) is 15.8 Å². The molecule has 0 aromatic rings. The van der Waals surface area contributed by atoms with E-state index in [0.29, 0.717) is 0 Å². The maximum atomic E-state index is 3.46. The van der Waals surface area contributed by atoms with E-state index in [2.05, 4.69) is 21.1 Å². The molecule has 0 radical (unpaired) electrons. The van der Waals surface area contributed by atoms with Gasteiger partial charge in [0.15, 0.2) is 0 Å². The second-order valence-electron chi connectivity index (χ2n) is 2.34. The molecule has 0 aliphatic carbocycles. The molecule has 68 valence electrons. The third-order valence-corrected chi connectivity index (χ3v) is 1.71. The molecule has 1 heterocycles. The average Bonchev–Trinajstić information content (AvgIpc) is 2.08. The number of allylic oxidation sites excluding steroid dienone is 1. The smallest absolute Gasteiger partial charge is 0.00489 e. The fraction of sp³-hybridized carbons (Fsp3) is 0.750. The predicted octanol–water partition coefficient (Wildman–Crippen LogP) is 0.983. The monoisotopic (exact) mass is 177 g/mol. The van der Waals surface area contributed by atoms with Gasteiger partial charge in [-0.2, -0.15) is 0 Å². The van der Waals surface area contributed by atoms with Crippen molar-refractivity contribution in [2.75, 3.05) is 19.3 Å². The molecule has 0 amide bonds. The lowest BCUT2D eigenvalue weighted by molar-refractivity contribution is 0.520. The molecule has 1 unspecified atom stereocenters. The number of hydrogen-bond donors (Lipinski definition) is 1. The van der Waals surface area contributed by atoms with Crippen LogP contribution in [0.5, 0.6) is 0 Å². The number of nitrogens with one attached hydrogen (secondary N) is 1. The van der Waals surface area contributed by atoms with E-state index in [9.17, 15) is 0 Å². The summed E-state index contributed by atoms with van der Waals surface area (Å²) in [5.41, 5.74) is 0. The van der Waals surface area contributed by atoms with Gasteiger partial charge in [0.1, 0.15) is 0 Å². The van der Waals surface area contributed by atoms with Crippen LogP contribution in [0.4, 0.5) is 0 Å². The lowest BCUT2D eigenvalue weighted by Crippen LogP contribution is -2.21. The molecule has 1 aliphatic rings. The minimum Gasteiger partial charge on any atom is -0.412 e. The molecule has 0 aromatic carbocycles. The molecule has 1 atom stereocenters. The van der Waals surface area contributed by atoms with Crippen LogP contribution in [0.1, 0.15) is 19.3 Å². The number of rotatable bonds is 1. The van der Waals surface area contributed by atoms with Crippen LogP contribution >= 0.6 is 9.24 Å². The van der Waals surface area contributed by atoms with Gasteiger partial charge in [-0.05, 0) is 32.1 Å². The van der Waals surface area contributed by atoms with Crippen LogP contribution in [-0.4, -0.2) is 24.7 Å². The normalized spacial score (nSPS) is 15.4. The summed E-state index contributed by atoms with van der Waals surface area (Å²) in [5.74, 6) is 0. The molecular formula is C8H20NOP. The first-order valence-electron chi connectivity index (χ1n) is 3.93. The van der Waals surface area contributed by atoms with Gasteiger partial charge in [-0.3, -0.25) is 0 Å². The summed E-state index contributed by atoms with van der Waals surface area (Å²) in [5, 5.41) is 3.28. The van der Waals surface area contributed by atoms with E-state index in [1.165, 1.54) is 32.4 Å². The summed E-state index contributed by atoms with van der Waals surface area (Å²) < 4.78 is 0. The largest absolute Gasteiger partial charge is 0.412 e. The van der Waals surface area contributed by atoms with Crippen LogP contribution in [0.25, 0.3) is 0 Å². The Kier molecular flexibility index (Phi) is 15.8. The second kappa shape index (κ2) is 12.7. The highest BCUT2D eigenvalue weighted by atomic mass is 31.0. The van der Waals surface area contributed by atoms with E-state index in [-0.39, 0.29) is 5.48 Å². The topological polar surface area (TPSA) is 43.5 Å². The van der Waals surface area contributed by atoms with Crippen LogP contribution < -0.4 is 5.32 Å². The van der Waals surface area contributed by atoms with Crippen molar-refractivity contribution < 1.29 is 5.48 Å². The fourth-order valence-electron chi connectivity index (χ4n) is 0.802. The van der Waals surface area contributed by atoms with Crippen molar-refractivity contribution in [2.45, 2.75) is 19.3 Å².